The molecule has 3 nitrogen and oxygen atoms in total. The van der Waals surface area contributed by atoms with Crippen LogP contribution in [0.3, 0.4) is 0 Å². The van der Waals surface area contributed by atoms with Crippen molar-refractivity contribution in [2.24, 2.45) is 5.73 Å². The van der Waals surface area contributed by atoms with E-state index in [0.717, 1.165) is 18.1 Å². The predicted octanol–water partition coefficient (Wildman–Crippen LogP) is 1.08. The zero-order valence-corrected chi connectivity index (χ0v) is 10.2. The average Bonchev–Trinajstić information content (AvgIpc) is 3.04. The molecule has 92 valence electrons. The topological polar surface area (TPSA) is 41.3 Å². The third-order valence-electron chi connectivity index (χ3n) is 4.53. The highest BCUT2D eigenvalue weighted by atomic mass is 15.2. The van der Waals surface area contributed by atoms with Gasteiger partial charge in [-0.05, 0) is 44.9 Å². The van der Waals surface area contributed by atoms with Crippen LogP contribution in [0.1, 0.15) is 44.9 Å². The first-order valence-corrected chi connectivity index (χ1v) is 7.07. The van der Waals surface area contributed by atoms with Gasteiger partial charge in [0.1, 0.15) is 0 Å². The van der Waals surface area contributed by atoms with E-state index in [1.807, 2.05) is 0 Å². The summed E-state index contributed by atoms with van der Waals surface area (Å²) in [6.45, 7) is 2.63. The highest BCUT2D eigenvalue weighted by Crippen LogP contribution is 2.30. The lowest BCUT2D eigenvalue weighted by Crippen LogP contribution is -2.43. The van der Waals surface area contributed by atoms with Gasteiger partial charge in [0.05, 0.1) is 0 Å². The number of nitrogens with two attached hydrogens (primary N) is 1. The smallest absolute Gasteiger partial charge is 0.0209 e. The quantitative estimate of drug-likeness (QED) is 0.752. The molecule has 0 bridgehead atoms. The second-order valence-corrected chi connectivity index (χ2v) is 5.99. The van der Waals surface area contributed by atoms with Gasteiger partial charge < -0.3 is 11.1 Å². The monoisotopic (exact) mass is 223 g/mol. The molecule has 0 amide bonds. The fourth-order valence-corrected chi connectivity index (χ4v) is 3.31. The third-order valence-corrected chi connectivity index (χ3v) is 4.53. The molecular formula is C13H25N3. The highest BCUT2D eigenvalue weighted by Gasteiger charge is 2.35. The molecule has 0 aromatic rings. The maximum atomic E-state index is 5.94. The lowest BCUT2D eigenvalue weighted by Gasteiger charge is -2.29. The van der Waals surface area contributed by atoms with Gasteiger partial charge in [0.15, 0.2) is 0 Å². The molecule has 3 aliphatic rings. The van der Waals surface area contributed by atoms with Crippen molar-refractivity contribution in [3.05, 3.63) is 0 Å². The Balaban J connectivity index is 1.41. The summed E-state index contributed by atoms with van der Waals surface area (Å²) in [5, 5.41) is 3.85. The van der Waals surface area contributed by atoms with Crippen LogP contribution in [0, 0.1) is 0 Å². The lowest BCUT2D eigenvalue weighted by molar-refractivity contribution is 0.289. The summed E-state index contributed by atoms with van der Waals surface area (Å²) in [6, 6.07) is 2.94. The number of nitrogens with one attached hydrogen (secondary N) is 1. The van der Waals surface area contributed by atoms with E-state index in [9.17, 15) is 0 Å². The van der Waals surface area contributed by atoms with Gasteiger partial charge in [-0.15, -0.1) is 0 Å². The van der Waals surface area contributed by atoms with Crippen molar-refractivity contribution in [1.29, 1.82) is 0 Å². The van der Waals surface area contributed by atoms with Crippen molar-refractivity contribution in [2.75, 3.05) is 13.1 Å². The average molecular weight is 223 g/mol. The molecule has 1 saturated heterocycles. The van der Waals surface area contributed by atoms with Crippen molar-refractivity contribution < 1.29 is 0 Å². The number of hydrogen-bond acceptors (Lipinski definition) is 3. The van der Waals surface area contributed by atoms with Gasteiger partial charge in [-0.3, -0.25) is 4.90 Å². The van der Waals surface area contributed by atoms with E-state index in [-0.39, 0.29) is 0 Å². The van der Waals surface area contributed by atoms with Crippen LogP contribution in [-0.2, 0) is 0 Å². The molecule has 3 heteroatoms. The predicted molar refractivity (Wildman–Crippen MR) is 66.4 cm³/mol. The minimum absolute atomic E-state index is 0.476. The van der Waals surface area contributed by atoms with Crippen LogP contribution >= 0.6 is 0 Å². The first-order valence-electron chi connectivity index (χ1n) is 7.07. The fraction of sp³-hybridized carbons (Fsp3) is 1.00. The van der Waals surface area contributed by atoms with Crippen molar-refractivity contribution in [3.63, 3.8) is 0 Å². The van der Waals surface area contributed by atoms with Crippen LogP contribution in [-0.4, -0.2) is 42.2 Å². The van der Waals surface area contributed by atoms with Crippen LogP contribution in [0.5, 0.6) is 0 Å². The van der Waals surface area contributed by atoms with Crippen molar-refractivity contribution in [1.82, 2.24) is 10.2 Å². The van der Waals surface area contributed by atoms with Crippen molar-refractivity contribution in [3.8, 4) is 0 Å². The fourth-order valence-electron chi connectivity index (χ4n) is 3.31. The molecule has 2 saturated carbocycles. The van der Waals surface area contributed by atoms with Crippen LogP contribution < -0.4 is 11.1 Å². The summed E-state index contributed by atoms with van der Waals surface area (Å²) in [6.07, 6.45) is 9.28. The largest absolute Gasteiger partial charge is 0.328 e. The van der Waals surface area contributed by atoms with Crippen molar-refractivity contribution in [2.45, 2.75) is 69.1 Å². The summed E-state index contributed by atoms with van der Waals surface area (Å²) in [4.78, 5) is 2.69. The Hall–Kier alpha value is -0.120. The molecule has 3 rings (SSSR count). The van der Waals surface area contributed by atoms with Gasteiger partial charge in [-0.25, -0.2) is 0 Å². The standard InChI is InChI=1S/C13H25N3/c14-10-1-3-11(4-2-10)15-12-7-8-16(9-12)13-5-6-13/h10-13,15H,1-9,14H2. The molecule has 1 heterocycles. The third kappa shape index (κ3) is 2.58. The Morgan fingerprint density at radius 2 is 1.62 bits per heavy atom. The Kier molecular flexibility index (Phi) is 3.18. The molecule has 1 atom stereocenters. The zero-order valence-electron chi connectivity index (χ0n) is 10.2. The molecule has 0 aromatic carbocycles. The second kappa shape index (κ2) is 4.63. The molecule has 1 aliphatic heterocycles. The number of likely N-dealkylation sites (tertiary alicyclic amines) is 1. The van der Waals surface area contributed by atoms with Gasteiger partial charge in [0.25, 0.3) is 0 Å². The van der Waals surface area contributed by atoms with E-state index in [1.54, 1.807) is 0 Å². The Morgan fingerprint density at radius 3 is 2.31 bits per heavy atom. The second-order valence-electron chi connectivity index (χ2n) is 5.99. The minimum Gasteiger partial charge on any atom is -0.328 e. The van der Waals surface area contributed by atoms with Crippen molar-refractivity contribution >= 4 is 0 Å². The van der Waals surface area contributed by atoms with Gasteiger partial charge in [0.2, 0.25) is 0 Å². The van der Waals surface area contributed by atoms with E-state index in [1.165, 1.54) is 58.0 Å². The number of nitrogens with zero attached hydrogens (tertiary/aromatic N) is 1. The molecule has 3 N–H and O–H groups in total. The van der Waals surface area contributed by atoms with Crippen LogP contribution in [0.4, 0.5) is 0 Å². The maximum absolute atomic E-state index is 5.94. The SMILES string of the molecule is NC1CCC(NC2CCN(C3CC3)C2)CC1. The van der Waals surface area contributed by atoms with Gasteiger partial charge in [-0.1, -0.05) is 0 Å². The Labute approximate surface area is 98.8 Å². The first kappa shape index (κ1) is 11.0. The molecule has 0 spiro atoms. The molecule has 1 unspecified atom stereocenters. The Morgan fingerprint density at radius 1 is 0.875 bits per heavy atom. The summed E-state index contributed by atoms with van der Waals surface area (Å²) in [7, 11) is 0. The summed E-state index contributed by atoms with van der Waals surface area (Å²) in [5.74, 6) is 0. The van der Waals surface area contributed by atoms with Crippen LogP contribution in [0.25, 0.3) is 0 Å². The van der Waals surface area contributed by atoms with E-state index in [2.05, 4.69) is 10.2 Å². The van der Waals surface area contributed by atoms with Crippen LogP contribution in [0.2, 0.25) is 0 Å². The van der Waals surface area contributed by atoms with Gasteiger partial charge in [0, 0.05) is 37.3 Å². The number of rotatable bonds is 3. The van der Waals surface area contributed by atoms with E-state index >= 15 is 0 Å². The van der Waals surface area contributed by atoms with E-state index in [0.29, 0.717) is 6.04 Å². The van der Waals surface area contributed by atoms with E-state index < -0.39 is 0 Å². The molecule has 0 radical (unpaired) electrons. The maximum Gasteiger partial charge on any atom is 0.0209 e. The molecule has 2 aliphatic carbocycles. The Bertz CT molecular complexity index is 231. The van der Waals surface area contributed by atoms with Gasteiger partial charge >= 0.3 is 0 Å². The normalized spacial score (nSPS) is 41.4. The van der Waals surface area contributed by atoms with Gasteiger partial charge in [-0.2, -0.15) is 0 Å². The highest BCUT2D eigenvalue weighted by molar-refractivity contribution is 4.93. The van der Waals surface area contributed by atoms with E-state index in [4.69, 9.17) is 5.73 Å². The summed E-state index contributed by atoms with van der Waals surface area (Å²) >= 11 is 0. The molecular weight excluding hydrogens is 198 g/mol. The summed E-state index contributed by atoms with van der Waals surface area (Å²) < 4.78 is 0. The first-order chi connectivity index (χ1) is 7.81. The zero-order chi connectivity index (χ0) is 11.0. The lowest BCUT2D eigenvalue weighted by atomic mass is 9.91. The molecule has 3 fully saturated rings. The summed E-state index contributed by atoms with van der Waals surface area (Å²) in [5.41, 5.74) is 5.94. The van der Waals surface area contributed by atoms with Crippen LogP contribution in [0.15, 0.2) is 0 Å². The molecule has 16 heavy (non-hydrogen) atoms. The minimum atomic E-state index is 0.476. The molecule has 0 aromatic heterocycles. The number of hydrogen-bond donors (Lipinski definition) is 2.